The number of morpholine rings is 2. The van der Waals surface area contributed by atoms with Gasteiger partial charge in [0, 0.05) is 37.9 Å². The number of amides is 1. The number of nitrogens with one attached hydrogen (secondary N) is 1. The van der Waals surface area contributed by atoms with Crippen LogP contribution in [-0.4, -0.2) is 88.1 Å². The highest BCUT2D eigenvalue weighted by Gasteiger charge is 2.29. The van der Waals surface area contributed by atoms with Gasteiger partial charge in [0.15, 0.2) is 0 Å². The molecule has 0 saturated carbocycles. The number of hydrogen-bond donors (Lipinski definition) is 1. The van der Waals surface area contributed by atoms with Crippen molar-refractivity contribution in [1.29, 1.82) is 0 Å². The van der Waals surface area contributed by atoms with Crippen LogP contribution in [-0.2, 0) is 19.5 Å². The maximum Gasteiger partial charge on any atom is 0.259 e. The van der Waals surface area contributed by atoms with E-state index in [1.165, 1.54) is 4.31 Å². The minimum Gasteiger partial charge on any atom is -0.497 e. The Balaban J connectivity index is 1.40. The lowest BCUT2D eigenvalue weighted by Gasteiger charge is -2.31. The number of ether oxygens (including phenoxy) is 3. The van der Waals surface area contributed by atoms with E-state index in [2.05, 4.69) is 10.2 Å². The third-order valence-corrected chi connectivity index (χ3v) is 9.41. The lowest BCUT2D eigenvalue weighted by molar-refractivity contribution is 0.0730. The van der Waals surface area contributed by atoms with Crippen LogP contribution < -0.4 is 15.0 Å². The van der Waals surface area contributed by atoms with Gasteiger partial charge in [0.1, 0.15) is 11.4 Å². The van der Waals surface area contributed by atoms with E-state index in [0.29, 0.717) is 62.2 Å². The number of anilines is 2. The fourth-order valence-corrected chi connectivity index (χ4v) is 6.63. The zero-order valence-corrected chi connectivity index (χ0v) is 24.6. The number of nitrogens with zero attached hydrogens (tertiary/aromatic N) is 4. The van der Waals surface area contributed by atoms with Crippen molar-refractivity contribution < 1.29 is 27.4 Å². The van der Waals surface area contributed by atoms with Crippen molar-refractivity contribution in [3.8, 4) is 22.7 Å². The Labute approximate surface area is 250 Å². The van der Waals surface area contributed by atoms with E-state index < -0.39 is 15.9 Å². The van der Waals surface area contributed by atoms with Gasteiger partial charge in [-0.2, -0.15) is 9.40 Å². The number of aromatic nitrogens is 2. The van der Waals surface area contributed by atoms with Crippen LogP contribution in [0, 0.1) is 0 Å². The van der Waals surface area contributed by atoms with Crippen LogP contribution in [0.5, 0.6) is 5.75 Å². The molecule has 224 valence electrons. The van der Waals surface area contributed by atoms with Crippen molar-refractivity contribution in [2.75, 3.05) is 69.9 Å². The minimum atomic E-state index is -3.79. The summed E-state index contributed by atoms with van der Waals surface area (Å²) in [6.07, 6.45) is 1.69. The van der Waals surface area contributed by atoms with E-state index in [4.69, 9.17) is 19.3 Å². The van der Waals surface area contributed by atoms with Crippen molar-refractivity contribution in [1.82, 2.24) is 14.1 Å². The monoisotopic (exact) mass is 603 g/mol. The number of carbonyl (C=O) groups excluding carboxylic acids is 1. The second kappa shape index (κ2) is 12.6. The molecule has 6 rings (SSSR count). The topological polar surface area (TPSA) is 115 Å². The quantitative estimate of drug-likeness (QED) is 0.325. The Morgan fingerprint density at radius 1 is 0.884 bits per heavy atom. The van der Waals surface area contributed by atoms with Gasteiger partial charge in [-0.15, -0.1) is 0 Å². The van der Waals surface area contributed by atoms with E-state index >= 15 is 0 Å². The van der Waals surface area contributed by atoms with Gasteiger partial charge in [0.25, 0.3) is 5.91 Å². The predicted molar refractivity (Wildman–Crippen MR) is 163 cm³/mol. The standard InChI is InChI=1S/C31H33N5O6S/c1-40-25-9-7-23(8-10-25)30-27(22-36(33-30)24-5-3-2-4-6-24)31(37)32-28-21-26(43(38,39)35-15-19-42-20-16-35)11-12-29(28)34-13-17-41-18-14-34/h2-12,21-22H,13-20H2,1H3,(H,32,37). The Kier molecular flexibility index (Phi) is 8.43. The molecule has 4 aromatic rings. The van der Waals surface area contributed by atoms with Gasteiger partial charge < -0.3 is 24.4 Å². The van der Waals surface area contributed by atoms with Gasteiger partial charge in [-0.05, 0) is 54.6 Å². The SMILES string of the molecule is COc1ccc(-c2nn(-c3ccccc3)cc2C(=O)Nc2cc(S(=O)(=O)N3CCOCC3)ccc2N2CCOCC2)cc1. The Morgan fingerprint density at radius 2 is 1.56 bits per heavy atom. The van der Waals surface area contributed by atoms with Gasteiger partial charge in [0.2, 0.25) is 10.0 Å². The van der Waals surface area contributed by atoms with Crippen LogP contribution in [0.25, 0.3) is 16.9 Å². The van der Waals surface area contributed by atoms with E-state index in [-0.39, 0.29) is 18.0 Å². The summed E-state index contributed by atoms with van der Waals surface area (Å²) in [5, 5.41) is 7.80. The molecule has 0 atom stereocenters. The highest BCUT2D eigenvalue weighted by Crippen LogP contribution is 2.33. The van der Waals surface area contributed by atoms with Crippen molar-refractivity contribution in [3.63, 3.8) is 0 Å². The van der Waals surface area contributed by atoms with Crippen LogP contribution in [0.15, 0.2) is 83.9 Å². The number of para-hydroxylation sites is 1. The molecule has 0 bridgehead atoms. The van der Waals surface area contributed by atoms with Gasteiger partial charge >= 0.3 is 0 Å². The molecule has 3 heterocycles. The molecule has 1 aromatic heterocycles. The van der Waals surface area contributed by atoms with Gasteiger partial charge in [0.05, 0.1) is 61.1 Å². The maximum atomic E-state index is 14.1. The molecular formula is C31H33N5O6S. The number of hydrogen-bond acceptors (Lipinski definition) is 8. The molecule has 0 unspecified atom stereocenters. The van der Waals surface area contributed by atoms with Crippen molar-refractivity contribution in [2.24, 2.45) is 0 Å². The average Bonchev–Trinajstić information content (AvgIpc) is 3.52. The molecule has 2 aliphatic rings. The first-order valence-corrected chi connectivity index (χ1v) is 15.5. The van der Waals surface area contributed by atoms with Crippen LogP contribution in [0.3, 0.4) is 0 Å². The molecular weight excluding hydrogens is 570 g/mol. The number of sulfonamides is 1. The van der Waals surface area contributed by atoms with Crippen molar-refractivity contribution in [3.05, 3.63) is 84.6 Å². The van der Waals surface area contributed by atoms with Crippen molar-refractivity contribution in [2.45, 2.75) is 4.90 Å². The average molecular weight is 604 g/mol. The largest absolute Gasteiger partial charge is 0.497 e. The Bertz CT molecular complexity index is 1680. The van der Waals surface area contributed by atoms with Crippen LogP contribution in [0.4, 0.5) is 11.4 Å². The molecule has 11 nitrogen and oxygen atoms in total. The molecule has 2 saturated heterocycles. The molecule has 43 heavy (non-hydrogen) atoms. The number of methoxy groups -OCH3 is 1. The molecule has 0 radical (unpaired) electrons. The van der Waals surface area contributed by atoms with Crippen LogP contribution >= 0.6 is 0 Å². The lowest BCUT2D eigenvalue weighted by atomic mass is 10.1. The second-order valence-corrected chi connectivity index (χ2v) is 12.1. The third kappa shape index (κ3) is 6.13. The Morgan fingerprint density at radius 3 is 2.23 bits per heavy atom. The molecule has 1 N–H and O–H groups in total. The number of benzene rings is 3. The first-order valence-electron chi connectivity index (χ1n) is 14.1. The zero-order chi connectivity index (χ0) is 29.8. The van der Waals surface area contributed by atoms with Gasteiger partial charge in [-0.25, -0.2) is 13.1 Å². The third-order valence-electron chi connectivity index (χ3n) is 7.52. The Hall–Kier alpha value is -4.23. The summed E-state index contributed by atoms with van der Waals surface area (Å²) < 4.78 is 46.3. The normalized spacial score (nSPS) is 16.2. The molecule has 2 aliphatic heterocycles. The summed E-state index contributed by atoms with van der Waals surface area (Å²) in [7, 11) is -2.20. The highest BCUT2D eigenvalue weighted by molar-refractivity contribution is 7.89. The predicted octanol–water partition coefficient (Wildman–Crippen LogP) is 3.66. The lowest BCUT2D eigenvalue weighted by Crippen LogP contribution is -2.40. The van der Waals surface area contributed by atoms with Gasteiger partial charge in [-0.1, -0.05) is 18.2 Å². The first kappa shape index (κ1) is 28.9. The molecule has 0 aliphatic carbocycles. The van der Waals surface area contributed by atoms with E-state index in [1.54, 1.807) is 36.2 Å². The first-order chi connectivity index (χ1) is 20.9. The summed E-state index contributed by atoms with van der Waals surface area (Å²) in [6.45, 7) is 3.53. The summed E-state index contributed by atoms with van der Waals surface area (Å²) in [5.41, 5.74) is 3.47. The smallest absolute Gasteiger partial charge is 0.259 e. The maximum absolute atomic E-state index is 14.1. The fraction of sp³-hybridized carbons (Fsp3) is 0.290. The summed E-state index contributed by atoms with van der Waals surface area (Å²) in [6, 6.07) is 21.8. The number of carbonyl (C=O) groups is 1. The second-order valence-electron chi connectivity index (χ2n) is 10.1. The number of rotatable bonds is 8. The van der Waals surface area contributed by atoms with Gasteiger partial charge in [-0.3, -0.25) is 4.79 Å². The van der Waals surface area contributed by atoms with Crippen LogP contribution in [0.1, 0.15) is 10.4 Å². The summed E-state index contributed by atoms with van der Waals surface area (Å²) in [4.78, 5) is 16.3. The summed E-state index contributed by atoms with van der Waals surface area (Å²) in [5.74, 6) is 0.272. The fourth-order valence-electron chi connectivity index (χ4n) is 5.20. The molecule has 2 fully saturated rings. The molecule has 12 heteroatoms. The van der Waals surface area contributed by atoms with E-state index in [9.17, 15) is 13.2 Å². The molecule has 1 amide bonds. The van der Waals surface area contributed by atoms with Crippen LogP contribution in [0.2, 0.25) is 0 Å². The molecule has 0 spiro atoms. The molecule has 3 aromatic carbocycles. The highest BCUT2D eigenvalue weighted by atomic mass is 32.2. The minimum absolute atomic E-state index is 0.108. The summed E-state index contributed by atoms with van der Waals surface area (Å²) >= 11 is 0. The zero-order valence-electron chi connectivity index (χ0n) is 23.8. The van der Waals surface area contributed by atoms with Crippen molar-refractivity contribution >= 4 is 27.3 Å². The van der Waals surface area contributed by atoms with E-state index in [1.807, 2.05) is 54.6 Å². The van der Waals surface area contributed by atoms with E-state index in [0.717, 1.165) is 16.9 Å².